The molecule has 0 heterocycles. The van der Waals surface area contributed by atoms with E-state index in [2.05, 4.69) is 42.2 Å². The summed E-state index contributed by atoms with van der Waals surface area (Å²) < 4.78 is 0. The van der Waals surface area contributed by atoms with Crippen molar-refractivity contribution in [1.29, 1.82) is 0 Å². The molecule has 0 amide bonds. The lowest BCUT2D eigenvalue weighted by Crippen LogP contribution is -2.04. The summed E-state index contributed by atoms with van der Waals surface area (Å²) in [5.74, 6) is 6.57. The van der Waals surface area contributed by atoms with E-state index in [0.717, 1.165) is 12.8 Å². The molecule has 0 unspecified atom stereocenters. The summed E-state index contributed by atoms with van der Waals surface area (Å²) >= 11 is -1.02. The van der Waals surface area contributed by atoms with Gasteiger partial charge in [-0.05, 0) is 12.8 Å². The normalized spacial score (nSPS) is 8.47. The van der Waals surface area contributed by atoms with Crippen LogP contribution in [0.25, 0.3) is 0 Å². The molecule has 0 saturated heterocycles. The van der Waals surface area contributed by atoms with E-state index >= 15 is 0 Å². The van der Waals surface area contributed by atoms with Crippen LogP contribution in [-0.2, 0) is 0 Å². The summed E-state index contributed by atoms with van der Waals surface area (Å²) in [6.45, 7) is 6.64. The minimum atomic E-state index is -1.02. The van der Waals surface area contributed by atoms with E-state index in [9.17, 15) is 0 Å². The molecule has 0 aliphatic rings. The van der Waals surface area contributed by atoms with Crippen molar-refractivity contribution in [2.45, 2.75) is 64.6 Å². The quantitative estimate of drug-likeness (QED) is 0.372. The number of rotatable bonds is 5. The van der Waals surface area contributed by atoms with Gasteiger partial charge in [0, 0.05) is 12.8 Å². The Hall–Kier alpha value is -0.348. The molecule has 0 bridgehead atoms. The first kappa shape index (κ1) is 14.7. The minimum Gasteiger partial charge on any atom is -0.185 e. The highest BCUT2D eigenvalue weighted by atomic mass is 27.2. The van der Waals surface area contributed by atoms with Gasteiger partial charge >= 0.3 is 14.1 Å². The molecule has 0 rings (SSSR count). The Labute approximate surface area is 100 Å². The van der Waals surface area contributed by atoms with Crippen molar-refractivity contribution in [2.24, 2.45) is 0 Å². The molecule has 0 aromatic rings. The van der Waals surface area contributed by atoms with Gasteiger partial charge in [0.05, 0.1) is 0 Å². The van der Waals surface area contributed by atoms with Crippen molar-refractivity contribution in [3.8, 4) is 21.4 Å². The highest BCUT2D eigenvalue weighted by Crippen LogP contribution is 1.94. The van der Waals surface area contributed by atoms with Crippen LogP contribution >= 0.6 is 0 Å². The molecular formula is C14H23Al. The molecule has 0 radical (unpaired) electrons. The molecule has 15 heavy (non-hydrogen) atoms. The molecule has 0 spiro atoms. The van der Waals surface area contributed by atoms with Gasteiger partial charge in [0.15, 0.2) is 0 Å². The molecule has 0 atom stereocenters. The minimum absolute atomic E-state index is 1.02. The van der Waals surface area contributed by atoms with Gasteiger partial charge in [0.25, 0.3) is 0 Å². The van der Waals surface area contributed by atoms with E-state index in [1.807, 2.05) is 0 Å². The third-order valence-corrected chi connectivity index (χ3v) is 4.19. The van der Waals surface area contributed by atoms with E-state index in [0.29, 0.717) is 0 Å². The number of unbranched alkanes of at least 4 members (excludes halogenated alkanes) is 4. The predicted octanol–water partition coefficient (Wildman–Crippen LogP) is 3.97. The van der Waals surface area contributed by atoms with E-state index in [-0.39, 0.29) is 0 Å². The van der Waals surface area contributed by atoms with Gasteiger partial charge < -0.3 is 0 Å². The van der Waals surface area contributed by atoms with Gasteiger partial charge in [0.1, 0.15) is 0 Å². The van der Waals surface area contributed by atoms with Gasteiger partial charge in [-0.1, -0.05) is 38.9 Å². The number of hydrogen-bond donors (Lipinski definition) is 0. The van der Waals surface area contributed by atoms with Crippen molar-refractivity contribution in [3.63, 3.8) is 0 Å². The molecule has 0 nitrogen and oxygen atoms in total. The Kier molecular flexibility index (Phi) is 11.5. The zero-order chi connectivity index (χ0) is 11.4. The van der Waals surface area contributed by atoms with Crippen LogP contribution in [0.5, 0.6) is 0 Å². The zero-order valence-electron chi connectivity index (χ0n) is 10.5. The van der Waals surface area contributed by atoms with Crippen LogP contribution in [-0.4, -0.2) is 14.1 Å². The highest BCUT2D eigenvalue weighted by Gasteiger charge is 2.07. The Morgan fingerprint density at radius 2 is 1.27 bits per heavy atom. The van der Waals surface area contributed by atoms with Gasteiger partial charge in [-0.3, -0.25) is 0 Å². The first-order chi connectivity index (χ1) is 7.35. The maximum atomic E-state index is 3.40. The topological polar surface area (TPSA) is 0 Å². The summed E-state index contributed by atoms with van der Waals surface area (Å²) in [5, 5.41) is 1.19. The second kappa shape index (κ2) is 11.7. The predicted molar refractivity (Wildman–Crippen MR) is 70.8 cm³/mol. The summed E-state index contributed by atoms with van der Waals surface area (Å²) in [6, 6.07) is 0. The summed E-state index contributed by atoms with van der Waals surface area (Å²) in [6.07, 6.45) is 7.10. The maximum absolute atomic E-state index is 3.40. The standard InChI is InChI=1S/2C6H9.C2H5.Al/c2*1-3-5-6-4-2;1-2;/h2*3,5-6H2,1H3;1H2,2H3;. The van der Waals surface area contributed by atoms with Crippen LogP contribution in [0, 0.1) is 21.4 Å². The van der Waals surface area contributed by atoms with Crippen molar-refractivity contribution < 1.29 is 0 Å². The molecule has 1 heteroatoms. The van der Waals surface area contributed by atoms with Crippen molar-refractivity contribution in [1.82, 2.24) is 0 Å². The fraction of sp³-hybridized carbons (Fsp3) is 0.714. The van der Waals surface area contributed by atoms with Gasteiger partial charge in [-0.2, -0.15) is 9.56 Å². The largest absolute Gasteiger partial charge is 0.475 e. The average molecular weight is 218 g/mol. The highest BCUT2D eigenvalue weighted by molar-refractivity contribution is 6.75. The van der Waals surface area contributed by atoms with Gasteiger partial charge in [-0.25, -0.2) is 0 Å². The van der Waals surface area contributed by atoms with Crippen LogP contribution in [0.3, 0.4) is 0 Å². The van der Waals surface area contributed by atoms with E-state index < -0.39 is 14.1 Å². The molecule has 0 saturated carbocycles. The first-order valence-electron chi connectivity index (χ1n) is 6.31. The van der Waals surface area contributed by atoms with Gasteiger partial charge in [0.2, 0.25) is 0 Å². The Morgan fingerprint density at radius 3 is 1.60 bits per heavy atom. The third-order valence-electron chi connectivity index (χ3n) is 2.27. The fourth-order valence-electron chi connectivity index (χ4n) is 1.16. The lowest BCUT2D eigenvalue weighted by molar-refractivity contribution is 0.828. The lowest BCUT2D eigenvalue weighted by Gasteiger charge is -1.89. The maximum Gasteiger partial charge on any atom is 0.475 e. The van der Waals surface area contributed by atoms with Crippen molar-refractivity contribution in [2.75, 3.05) is 0 Å². The number of hydrogen-bond acceptors (Lipinski definition) is 0. The molecule has 0 fully saturated rings. The van der Waals surface area contributed by atoms with E-state index in [1.54, 1.807) is 0 Å². The second-order valence-electron chi connectivity index (χ2n) is 3.81. The van der Waals surface area contributed by atoms with Gasteiger partial charge in [-0.15, -0.1) is 11.8 Å². The molecule has 0 aliphatic carbocycles. The van der Waals surface area contributed by atoms with Crippen molar-refractivity contribution in [3.05, 3.63) is 0 Å². The van der Waals surface area contributed by atoms with E-state index in [1.165, 1.54) is 31.0 Å². The molecule has 0 aliphatic heterocycles. The molecular weight excluding hydrogens is 195 g/mol. The Morgan fingerprint density at radius 1 is 0.800 bits per heavy atom. The Balaban J connectivity index is 3.86. The van der Waals surface area contributed by atoms with Crippen LogP contribution in [0.2, 0.25) is 5.28 Å². The summed E-state index contributed by atoms with van der Waals surface area (Å²) in [5.41, 5.74) is 0. The molecule has 82 valence electrons. The average Bonchev–Trinajstić information content (AvgIpc) is 2.27. The van der Waals surface area contributed by atoms with Crippen LogP contribution in [0.4, 0.5) is 0 Å². The molecule has 0 aromatic heterocycles. The third kappa shape index (κ3) is 9.95. The van der Waals surface area contributed by atoms with Crippen molar-refractivity contribution >= 4 is 14.1 Å². The molecule has 0 aromatic carbocycles. The Bertz CT molecular complexity index is 220. The summed E-state index contributed by atoms with van der Waals surface area (Å²) in [7, 11) is 0. The van der Waals surface area contributed by atoms with E-state index in [4.69, 9.17) is 0 Å². The SMILES string of the molecule is CCCCC#[C][Al]([C]#CCCCC)[CH2]C. The van der Waals surface area contributed by atoms with Crippen LogP contribution in [0.15, 0.2) is 0 Å². The fourth-order valence-corrected chi connectivity index (χ4v) is 2.42. The summed E-state index contributed by atoms with van der Waals surface area (Å²) in [4.78, 5) is 6.79. The second-order valence-corrected chi connectivity index (χ2v) is 6.31. The first-order valence-corrected chi connectivity index (χ1v) is 8.29. The van der Waals surface area contributed by atoms with Crippen LogP contribution < -0.4 is 0 Å². The lowest BCUT2D eigenvalue weighted by atomic mass is 10.3. The zero-order valence-corrected chi connectivity index (χ0v) is 11.7. The monoisotopic (exact) mass is 218 g/mol. The smallest absolute Gasteiger partial charge is 0.185 e. The van der Waals surface area contributed by atoms with Crippen LogP contribution in [0.1, 0.15) is 59.3 Å². The molecule has 0 N–H and O–H groups in total.